The van der Waals surface area contributed by atoms with Crippen LogP contribution in [-0.4, -0.2) is 31.6 Å². The van der Waals surface area contributed by atoms with Crippen LogP contribution in [-0.2, 0) is 16.0 Å². The lowest BCUT2D eigenvalue weighted by Gasteiger charge is -2.22. The third-order valence-corrected chi connectivity index (χ3v) is 2.98. The zero-order valence-corrected chi connectivity index (χ0v) is 9.83. The van der Waals surface area contributed by atoms with Crippen LogP contribution in [0, 0.1) is 12.7 Å². The normalized spacial score (nSPS) is 20.2. The lowest BCUT2D eigenvalue weighted by atomic mass is 9.99. The lowest BCUT2D eigenvalue weighted by molar-refractivity contribution is -0.123. The van der Waals surface area contributed by atoms with E-state index in [9.17, 15) is 9.18 Å². The van der Waals surface area contributed by atoms with Crippen LogP contribution in [0.4, 0.5) is 4.39 Å². The molecule has 1 unspecified atom stereocenters. The van der Waals surface area contributed by atoms with Gasteiger partial charge in [-0.3, -0.25) is 4.79 Å². The summed E-state index contributed by atoms with van der Waals surface area (Å²) in [5.74, 6) is -0.169. The monoisotopic (exact) mass is 237 g/mol. The molecule has 1 aliphatic rings. The maximum Gasteiger partial charge on any atom is 0.156 e. The average Bonchev–Trinajstić information content (AvgIpc) is 2.34. The van der Waals surface area contributed by atoms with Gasteiger partial charge in [-0.25, -0.2) is 4.39 Å². The Morgan fingerprint density at radius 3 is 3.06 bits per heavy atom. The molecule has 0 aliphatic carbocycles. The molecular formula is C13H16FNO2. The van der Waals surface area contributed by atoms with Crippen LogP contribution in [0.3, 0.4) is 0 Å². The zero-order valence-electron chi connectivity index (χ0n) is 9.83. The Morgan fingerprint density at radius 1 is 1.59 bits per heavy atom. The van der Waals surface area contributed by atoms with Crippen molar-refractivity contribution in [1.29, 1.82) is 0 Å². The molecule has 1 aliphatic heterocycles. The number of hydrogen-bond donors (Lipinski definition) is 1. The van der Waals surface area contributed by atoms with E-state index in [2.05, 4.69) is 5.32 Å². The second-order valence-corrected chi connectivity index (χ2v) is 4.30. The third kappa shape index (κ3) is 3.11. The molecule has 1 aromatic rings. The van der Waals surface area contributed by atoms with E-state index in [1.165, 1.54) is 12.1 Å². The molecule has 2 rings (SSSR count). The van der Waals surface area contributed by atoms with Gasteiger partial charge in [-0.1, -0.05) is 6.07 Å². The van der Waals surface area contributed by atoms with Crippen LogP contribution >= 0.6 is 0 Å². The summed E-state index contributed by atoms with van der Waals surface area (Å²) in [6.45, 7) is 3.60. The minimum Gasteiger partial charge on any atom is -0.378 e. The number of morpholine rings is 1. The number of halogens is 1. The molecule has 1 atom stereocenters. The van der Waals surface area contributed by atoms with Gasteiger partial charge in [0.05, 0.1) is 19.3 Å². The van der Waals surface area contributed by atoms with Gasteiger partial charge in [-0.2, -0.15) is 0 Å². The van der Waals surface area contributed by atoms with Gasteiger partial charge in [0, 0.05) is 13.0 Å². The van der Waals surface area contributed by atoms with E-state index in [-0.39, 0.29) is 17.6 Å². The minimum atomic E-state index is -0.266. The predicted molar refractivity (Wildman–Crippen MR) is 62.5 cm³/mol. The van der Waals surface area contributed by atoms with Crippen LogP contribution in [0.15, 0.2) is 18.2 Å². The molecule has 4 heteroatoms. The zero-order chi connectivity index (χ0) is 12.3. The summed E-state index contributed by atoms with van der Waals surface area (Å²) < 4.78 is 18.2. The van der Waals surface area contributed by atoms with Crippen LogP contribution in [0.2, 0.25) is 0 Å². The molecular weight excluding hydrogens is 221 g/mol. The maximum atomic E-state index is 12.9. The second kappa shape index (κ2) is 5.38. The summed E-state index contributed by atoms with van der Waals surface area (Å²) in [6, 6.07) is 4.29. The van der Waals surface area contributed by atoms with E-state index < -0.39 is 0 Å². The van der Waals surface area contributed by atoms with Gasteiger partial charge >= 0.3 is 0 Å². The summed E-state index contributed by atoms with van der Waals surface area (Å²) in [7, 11) is 0. The summed E-state index contributed by atoms with van der Waals surface area (Å²) in [5, 5.41) is 3.12. The highest BCUT2D eigenvalue weighted by molar-refractivity contribution is 5.86. The SMILES string of the molecule is Cc1cc(F)ccc1CC(=O)C1COCCN1. The summed E-state index contributed by atoms with van der Waals surface area (Å²) in [4.78, 5) is 12.0. The Hall–Kier alpha value is -1.26. The Balaban J connectivity index is 2.02. The number of carbonyl (C=O) groups is 1. The number of nitrogens with one attached hydrogen (secondary N) is 1. The first-order valence-electron chi connectivity index (χ1n) is 5.75. The molecule has 17 heavy (non-hydrogen) atoms. The van der Waals surface area contributed by atoms with Gasteiger partial charge in [0.15, 0.2) is 5.78 Å². The van der Waals surface area contributed by atoms with Gasteiger partial charge in [0.25, 0.3) is 0 Å². The molecule has 0 saturated carbocycles. The standard InChI is InChI=1S/C13H16FNO2/c1-9-6-11(14)3-2-10(9)7-13(16)12-8-17-5-4-15-12/h2-3,6,12,15H,4-5,7-8H2,1H3. The molecule has 1 N–H and O–H groups in total. The molecule has 0 radical (unpaired) electrons. The van der Waals surface area contributed by atoms with Crippen molar-refractivity contribution in [2.45, 2.75) is 19.4 Å². The molecule has 1 fully saturated rings. The van der Waals surface area contributed by atoms with Crippen molar-refractivity contribution < 1.29 is 13.9 Å². The Bertz CT molecular complexity index is 414. The first-order valence-corrected chi connectivity index (χ1v) is 5.75. The van der Waals surface area contributed by atoms with Crippen molar-refractivity contribution in [3.05, 3.63) is 35.1 Å². The van der Waals surface area contributed by atoms with Gasteiger partial charge < -0.3 is 10.1 Å². The largest absolute Gasteiger partial charge is 0.378 e. The van der Waals surface area contributed by atoms with Gasteiger partial charge in [0.2, 0.25) is 0 Å². The number of aryl methyl sites for hydroxylation is 1. The molecule has 1 saturated heterocycles. The topological polar surface area (TPSA) is 38.3 Å². The fourth-order valence-corrected chi connectivity index (χ4v) is 1.94. The van der Waals surface area contributed by atoms with E-state index in [1.807, 2.05) is 6.92 Å². The van der Waals surface area contributed by atoms with Crippen molar-refractivity contribution in [2.24, 2.45) is 0 Å². The molecule has 0 spiro atoms. The highest BCUT2D eigenvalue weighted by Crippen LogP contribution is 2.12. The number of rotatable bonds is 3. The smallest absolute Gasteiger partial charge is 0.156 e. The fraction of sp³-hybridized carbons (Fsp3) is 0.462. The van der Waals surface area contributed by atoms with E-state index in [4.69, 9.17) is 4.74 Å². The quantitative estimate of drug-likeness (QED) is 0.859. The minimum absolute atomic E-state index is 0.0967. The average molecular weight is 237 g/mol. The molecule has 1 heterocycles. The molecule has 0 amide bonds. The maximum absolute atomic E-state index is 12.9. The first-order chi connectivity index (χ1) is 8.16. The highest BCUT2D eigenvalue weighted by atomic mass is 19.1. The molecule has 92 valence electrons. The summed E-state index contributed by atoms with van der Waals surface area (Å²) in [5.41, 5.74) is 1.69. The second-order valence-electron chi connectivity index (χ2n) is 4.30. The Labute approximate surface area is 100.0 Å². The number of Topliss-reactive ketones (excluding diaryl/α,β-unsaturated/α-hetero) is 1. The predicted octanol–water partition coefficient (Wildman–Crippen LogP) is 1.23. The number of hydrogen-bond acceptors (Lipinski definition) is 3. The van der Waals surface area contributed by atoms with E-state index in [0.717, 1.165) is 11.1 Å². The van der Waals surface area contributed by atoms with E-state index >= 15 is 0 Å². The van der Waals surface area contributed by atoms with Gasteiger partial charge in [-0.05, 0) is 30.2 Å². The Kier molecular flexibility index (Phi) is 3.86. The highest BCUT2D eigenvalue weighted by Gasteiger charge is 2.21. The Morgan fingerprint density at radius 2 is 2.41 bits per heavy atom. The number of benzene rings is 1. The number of ketones is 1. The molecule has 1 aromatic carbocycles. The molecule has 0 bridgehead atoms. The molecule has 0 aromatic heterocycles. The van der Waals surface area contributed by atoms with E-state index in [0.29, 0.717) is 26.2 Å². The van der Waals surface area contributed by atoms with Crippen LogP contribution in [0.5, 0.6) is 0 Å². The van der Waals surface area contributed by atoms with Crippen LogP contribution < -0.4 is 5.32 Å². The van der Waals surface area contributed by atoms with Crippen LogP contribution in [0.1, 0.15) is 11.1 Å². The van der Waals surface area contributed by atoms with Gasteiger partial charge in [-0.15, -0.1) is 0 Å². The van der Waals surface area contributed by atoms with Crippen molar-refractivity contribution in [1.82, 2.24) is 5.32 Å². The lowest BCUT2D eigenvalue weighted by Crippen LogP contribution is -2.47. The van der Waals surface area contributed by atoms with Crippen molar-refractivity contribution >= 4 is 5.78 Å². The van der Waals surface area contributed by atoms with E-state index in [1.54, 1.807) is 6.07 Å². The summed E-state index contributed by atoms with van der Waals surface area (Å²) >= 11 is 0. The number of carbonyl (C=O) groups excluding carboxylic acids is 1. The summed E-state index contributed by atoms with van der Waals surface area (Å²) in [6.07, 6.45) is 0.327. The van der Waals surface area contributed by atoms with Crippen molar-refractivity contribution in [2.75, 3.05) is 19.8 Å². The number of ether oxygens (including phenoxy) is 1. The van der Waals surface area contributed by atoms with Gasteiger partial charge in [0.1, 0.15) is 5.82 Å². The van der Waals surface area contributed by atoms with Crippen LogP contribution in [0.25, 0.3) is 0 Å². The third-order valence-electron chi connectivity index (χ3n) is 2.98. The molecule has 3 nitrogen and oxygen atoms in total. The van der Waals surface area contributed by atoms with Crippen molar-refractivity contribution in [3.8, 4) is 0 Å². The van der Waals surface area contributed by atoms with Crippen molar-refractivity contribution in [3.63, 3.8) is 0 Å². The first kappa shape index (κ1) is 12.2. The fourth-order valence-electron chi connectivity index (χ4n) is 1.94.